The summed E-state index contributed by atoms with van der Waals surface area (Å²) in [6, 6.07) is 23.1. The first-order chi connectivity index (χ1) is 17.6. The minimum absolute atomic E-state index is 0.0160. The molecule has 188 valence electrons. The molecule has 0 heterocycles. The maximum absolute atomic E-state index is 13.3. The summed E-state index contributed by atoms with van der Waals surface area (Å²) in [6.07, 6.45) is 0. The van der Waals surface area contributed by atoms with Crippen molar-refractivity contribution in [3.63, 3.8) is 0 Å². The third-order valence-electron chi connectivity index (χ3n) is 6.10. The van der Waals surface area contributed by atoms with Crippen LogP contribution in [0.15, 0.2) is 89.8 Å². The summed E-state index contributed by atoms with van der Waals surface area (Å²) in [7, 11) is -3.98. The van der Waals surface area contributed by atoms with E-state index in [-0.39, 0.29) is 27.5 Å². The smallest absolute Gasteiger partial charge is 0.262 e. The van der Waals surface area contributed by atoms with Crippen LogP contribution in [0.25, 0.3) is 0 Å². The highest BCUT2D eigenvalue weighted by atomic mass is 35.5. The Morgan fingerprint density at radius 3 is 2.19 bits per heavy atom. The second-order valence-corrected chi connectivity index (χ2v) is 10.8. The van der Waals surface area contributed by atoms with Gasteiger partial charge < -0.3 is 5.32 Å². The van der Waals surface area contributed by atoms with Crippen LogP contribution in [0.2, 0.25) is 5.02 Å². The van der Waals surface area contributed by atoms with E-state index in [9.17, 15) is 18.0 Å². The second kappa shape index (κ2) is 10.6. The molecule has 6 nitrogen and oxygen atoms in total. The van der Waals surface area contributed by atoms with Crippen molar-refractivity contribution in [2.75, 3.05) is 10.0 Å². The van der Waals surface area contributed by atoms with E-state index in [0.29, 0.717) is 21.8 Å². The number of rotatable bonds is 7. The Morgan fingerprint density at radius 2 is 1.46 bits per heavy atom. The summed E-state index contributed by atoms with van der Waals surface area (Å²) in [6.45, 7) is 5.40. The molecule has 0 unspecified atom stereocenters. The fourth-order valence-corrected chi connectivity index (χ4v) is 5.41. The summed E-state index contributed by atoms with van der Waals surface area (Å²) < 4.78 is 29.1. The molecule has 37 heavy (non-hydrogen) atoms. The van der Waals surface area contributed by atoms with Gasteiger partial charge in [0.05, 0.1) is 16.3 Å². The van der Waals surface area contributed by atoms with Gasteiger partial charge in [-0.3, -0.25) is 14.3 Å². The SMILES string of the molecule is Cc1ccc(C(=O)Nc2ccc(Cl)cc2C(=O)c2ccccc2)cc1S(=O)(=O)Nc1cccc(C)c1C. The Labute approximate surface area is 221 Å². The molecular formula is C29H25ClN2O4S. The minimum Gasteiger partial charge on any atom is -0.321 e. The monoisotopic (exact) mass is 532 g/mol. The minimum atomic E-state index is -3.98. The van der Waals surface area contributed by atoms with Gasteiger partial charge in [-0.15, -0.1) is 0 Å². The van der Waals surface area contributed by atoms with E-state index in [1.54, 1.807) is 67.6 Å². The predicted molar refractivity (Wildman–Crippen MR) is 147 cm³/mol. The second-order valence-electron chi connectivity index (χ2n) is 8.67. The van der Waals surface area contributed by atoms with Crippen LogP contribution < -0.4 is 10.0 Å². The van der Waals surface area contributed by atoms with Gasteiger partial charge >= 0.3 is 0 Å². The van der Waals surface area contributed by atoms with Gasteiger partial charge in [0, 0.05) is 21.7 Å². The standard InChI is InChI=1S/C29H25ClN2O4S/c1-18-8-7-11-25(20(18)3)32-37(35,36)27-16-22(13-12-19(27)2)29(34)31-26-15-14-23(30)17-24(26)28(33)21-9-5-4-6-10-21/h4-17,32H,1-3H3,(H,31,34). The van der Waals surface area contributed by atoms with Crippen LogP contribution >= 0.6 is 11.6 Å². The van der Waals surface area contributed by atoms with E-state index in [4.69, 9.17) is 11.6 Å². The largest absolute Gasteiger partial charge is 0.321 e. The molecule has 0 radical (unpaired) electrons. The van der Waals surface area contributed by atoms with Crippen molar-refractivity contribution in [2.45, 2.75) is 25.7 Å². The fraction of sp³-hybridized carbons (Fsp3) is 0.103. The molecule has 8 heteroatoms. The van der Waals surface area contributed by atoms with Crippen molar-refractivity contribution in [3.8, 4) is 0 Å². The van der Waals surface area contributed by atoms with E-state index < -0.39 is 15.9 Å². The summed E-state index contributed by atoms with van der Waals surface area (Å²) in [5.74, 6) is -0.865. The lowest BCUT2D eigenvalue weighted by atomic mass is 10.0. The molecular weight excluding hydrogens is 508 g/mol. The van der Waals surface area contributed by atoms with Crippen molar-refractivity contribution < 1.29 is 18.0 Å². The highest BCUT2D eigenvalue weighted by molar-refractivity contribution is 7.92. The van der Waals surface area contributed by atoms with Crippen LogP contribution in [-0.4, -0.2) is 20.1 Å². The molecule has 2 N–H and O–H groups in total. The van der Waals surface area contributed by atoms with Crippen LogP contribution in [0.4, 0.5) is 11.4 Å². The third kappa shape index (κ3) is 5.74. The molecule has 0 aliphatic heterocycles. The molecule has 0 saturated carbocycles. The fourth-order valence-electron chi connectivity index (χ4n) is 3.85. The van der Waals surface area contributed by atoms with Crippen LogP contribution in [-0.2, 0) is 10.0 Å². The predicted octanol–water partition coefficient (Wildman–Crippen LogP) is 6.55. The maximum Gasteiger partial charge on any atom is 0.262 e. The normalized spacial score (nSPS) is 11.1. The molecule has 0 bridgehead atoms. The van der Waals surface area contributed by atoms with Gasteiger partial charge in [0.2, 0.25) is 0 Å². The Bertz CT molecular complexity index is 1620. The average Bonchev–Trinajstić information content (AvgIpc) is 2.88. The van der Waals surface area contributed by atoms with Crippen molar-refractivity contribution >= 4 is 44.7 Å². The molecule has 4 rings (SSSR count). The quantitative estimate of drug-likeness (QED) is 0.264. The van der Waals surface area contributed by atoms with Gasteiger partial charge in [0.1, 0.15) is 0 Å². The van der Waals surface area contributed by atoms with E-state index in [1.807, 2.05) is 19.9 Å². The Kier molecular flexibility index (Phi) is 7.47. The average molecular weight is 533 g/mol. The van der Waals surface area contributed by atoms with E-state index >= 15 is 0 Å². The molecule has 4 aromatic carbocycles. The maximum atomic E-state index is 13.3. The number of aryl methyl sites for hydroxylation is 2. The molecule has 0 aliphatic rings. The number of sulfonamides is 1. The van der Waals surface area contributed by atoms with Crippen molar-refractivity contribution in [2.24, 2.45) is 0 Å². The Hall–Kier alpha value is -3.94. The molecule has 0 spiro atoms. The van der Waals surface area contributed by atoms with Crippen LogP contribution in [0, 0.1) is 20.8 Å². The summed E-state index contributed by atoms with van der Waals surface area (Å²) in [5, 5.41) is 3.08. The summed E-state index contributed by atoms with van der Waals surface area (Å²) in [5.41, 5.74) is 3.79. The summed E-state index contributed by atoms with van der Waals surface area (Å²) >= 11 is 6.14. The highest BCUT2D eigenvalue weighted by Crippen LogP contribution is 2.27. The van der Waals surface area contributed by atoms with Crippen LogP contribution in [0.1, 0.15) is 43.0 Å². The van der Waals surface area contributed by atoms with Crippen molar-refractivity contribution in [1.82, 2.24) is 0 Å². The first kappa shape index (κ1) is 26.1. The molecule has 0 saturated heterocycles. The van der Waals surface area contributed by atoms with Crippen LogP contribution in [0.5, 0.6) is 0 Å². The van der Waals surface area contributed by atoms with Crippen molar-refractivity contribution in [3.05, 3.63) is 123 Å². The number of halogens is 1. The topological polar surface area (TPSA) is 92.3 Å². The molecule has 4 aromatic rings. The van der Waals surface area contributed by atoms with Crippen molar-refractivity contribution in [1.29, 1.82) is 0 Å². The molecule has 0 atom stereocenters. The lowest BCUT2D eigenvalue weighted by molar-refractivity contribution is 0.102. The zero-order valence-corrected chi connectivity index (χ0v) is 22.1. The first-order valence-electron chi connectivity index (χ1n) is 11.5. The molecule has 1 amide bonds. The Balaban J connectivity index is 1.65. The molecule has 0 fully saturated rings. The van der Waals surface area contributed by atoms with Gasteiger partial charge in [0.15, 0.2) is 5.78 Å². The van der Waals surface area contributed by atoms with Gasteiger partial charge in [-0.2, -0.15) is 0 Å². The van der Waals surface area contributed by atoms with Gasteiger partial charge in [0.25, 0.3) is 15.9 Å². The lowest BCUT2D eigenvalue weighted by Gasteiger charge is -2.15. The summed E-state index contributed by atoms with van der Waals surface area (Å²) in [4.78, 5) is 26.3. The van der Waals surface area contributed by atoms with E-state index in [2.05, 4.69) is 10.0 Å². The Morgan fingerprint density at radius 1 is 0.730 bits per heavy atom. The number of nitrogens with one attached hydrogen (secondary N) is 2. The lowest BCUT2D eigenvalue weighted by Crippen LogP contribution is -2.18. The number of hydrogen-bond donors (Lipinski definition) is 2. The first-order valence-corrected chi connectivity index (χ1v) is 13.3. The number of carbonyl (C=O) groups is 2. The molecule has 0 aromatic heterocycles. The zero-order chi connectivity index (χ0) is 26.7. The number of benzene rings is 4. The number of carbonyl (C=O) groups excluding carboxylic acids is 2. The zero-order valence-electron chi connectivity index (χ0n) is 20.5. The highest BCUT2D eigenvalue weighted by Gasteiger charge is 2.22. The van der Waals surface area contributed by atoms with Crippen LogP contribution in [0.3, 0.4) is 0 Å². The van der Waals surface area contributed by atoms with E-state index in [1.165, 1.54) is 18.2 Å². The number of hydrogen-bond acceptors (Lipinski definition) is 4. The van der Waals surface area contributed by atoms with Gasteiger partial charge in [-0.1, -0.05) is 60.1 Å². The number of ketones is 1. The number of anilines is 2. The van der Waals surface area contributed by atoms with Gasteiger partial charge in [-0.05, 0) is 73.9 Å². The van der Waals surface area contributed by atoms with E-state index in [0.717, 1.165) is 11.1 Å². The molecule has 0 aliphatic carbocycles. The third-order valence-corrected chi connectivity index (χ3v) is 7.84. The van der Waals surface area contributed by atoms with Gasteiger partial charge in [-0.25, -0.2) is 8.42 Å². The number of amides is 1.